The highest BCUT2D eigenvalue weighted by Crippen LogP contribution is 2.25. The SMILES string of the molecule is O=C1NC(Cc2ccc(F)cc2)C(=O)N1c1cccs1. The zero-order chi connectivity index (χ0) is 14.1. The normalized spacial score (nSPS) is 18.4. The zero-order valence-electron chi connectivity index (χ0n) is 10.4. The largest absolute Gasteiger partial charge is 0.330 e. The molecule has 2 aromatic rings. The molecule has 102 valence electrons. The average Bonchev–Trinajstić information content (AvgIpc) is 3.02. The van der Waals surface area contributed by atoms with Crippen LogP contribution >= 0.6 is 11.3 Å². The van der Waals surface area contributed by atoms with Crippen LogP contribution in [-0.4, -0.2) is 18.0 Å². The fraction of sp³-hybridized carbons (Fsp3) is 0.143. The van der Waals surface area contributed by atoms with Crippen molar-refractivity contribution >= 4 is 28.3 Å². The van der Waals surface area contributed by atoms with Crippen molar-refractivity contribution in [2.24, 2.45) is 0 Å². The maximum absolute atomic E-state index is 12.8. The van der Waals surface area contributed by atoms with E-state index in [9.17, 15) is 14.0 Å². The molecule has 2 heterocycles. The molecule has 1 aromatic heterocycles. The van der Waals surface area contributed by atoms with Crippen LogP contribution in [-0.2, 0) is 11.2 Å². The molecule has 0 saturated carbocycles. The van der Waals surface area contributed by atoms with Crippen molar-refractivity contribution in [3.05, 3.63) is 53.2 Å². The first-order chi connectivity index (χ1) is 9.65. The molecule has 1 atom stereocenters. The Morgan fingerprint density at radius 2 is 1.95 bits per heavy atom. The minimum Gasteiger partial charge on any atom is -0.325 e. The molecule has 3 amide bonds. The van der Waals surface area contributed by atoms with E-state index in [0.717, 1.165) is 10.5 Å². The van der Waals surface area contributed by atoms with E-state index in [0.29, 0.717) is 11.4 Å². The summed E-state index contributed by atoms with van der Waals surface area (Å²) in [6, 6.07) is 8.41. The van der Waals surface area contributed by atoms with Crippen LogP contribution in [0.1, 0.15) is 5.56 Å². The number of carbonyl (C=O) groups is 2. The van der Waals surface area contributed by atoms with Crippen LogP contribution in [0.3, 0.4) is 0 Å². The van der Waals surface area contributed by atoms with Gasteiger partial charge in [0.1, 0.15) is 16.9 Å². The molecule has 1 aliphatic rings. The van der Waals surface area contributed by atoms with E-state index in [1.165, 1.54) is 23.5 Å². The van der Waals surface area contributed by atoms with Gasteiger partial charge in [-0.1, -0.05) is 12.1 Å². The van der Waals surface area contributed by atoms with Gasteiger partial charge in [0.25, 0.3) is 5.91 Å². The average molecular weight is 290 g/mol. The van der Waals surface area contributed by atoms with Gasteiger partial charge >= 0.3 is 6.03 Å². The lowest BCUT2D eigenvalue weighted by atomic mass is 10.1. The summed E-state index contributed by atoms with van der Waals surface area (Å²) in [7, 11) is 0. The number of thiophene rings is 1. The predicted octanol–water partition coefficient (Wildman–Crippen LogP) is 2.55. The van der Waals surface area contributed by atoms with Gasteiger partial charge in [0, 0.05) is 6.42 Å². The number of amides is 3. The summed E-state index contributed by atoms with van der Waals surface area (Å²) in [5.41, 5.74) is 0.804. The van der Waals surface area contributed by atoms with Crippen LogP contribution in [0, 0.1) is 5.82 Å². The summed E-state index contributed by atoms with van der Waals surface area (Å²) in [5, 5.41) is 5.07. The van der Waals surface area contributed by atoms with Crippen molar-refractivity contribution in [3.8, 4) is 0 Å². The monoisotopic (exact) mass is 290 g/mol. The van der Waals surface area contributed by atoms with E-state index < -0.39 is 12.1 Å². The van der Waals surface area contributed by atoms with Gasteiger partial charge in [-0.2, -0.15) is 0 Å². The molecule has 0 aliphatic carbocycles. The second-order valence-corrected chi connectivity index (χ2v) is 5.38. The number of hydrogen-bond donors (Lipinski definition) is 1. The van der Waals surface area contributed by atoms with Crippen molar-refractivity contribution in [1.82, 2.24) is 5.32 Å². The van der Waals surface area contributed by atoms with Gasteiger partial charge < -0.3 is 5.32 Å². The van der Waals surface area contributed by atoms with E-state index in [2.05, 4.69) is 5.32 Å². The first kappa shape index (κ1) is 12.8. The number of halogens is 1. The number of benzene rings is 1. The Balaban J connectivity index is 1.78. The molecule has 0 radical (unpaired) electrons. The lowest BCUT2D eigenvalue weighted by molar-refractivity contribution is -0.118. The summed E-state index contributed by atoms with van der Waals surface area (Å²) < 4.78 is 12.8. The van der Waals surface area contributed by atoms with Crippen molar-refractivity contribution in [2.45, 2.75) is 12.5 Å². The Hall–Kier alpha value is -2.21. The van der Waals surface area contributed by atoms with Crippen LogP contribution in [0.2, 0.25) is 0 Å². The third-order valence-electron chi connectivity index (χ3n) is 3.10. The van der Waals surface area contributed by atoms with E-state index in [-0.39, 0.29) is 11.7 Å². The molecule has 3 rings (SSSR count). The lowest BCUT2D eigenvalue weighted by Gasteiger charge is -2.10. The summed E-state index contributed by atoms with van der Waals surface area (Å²) in [4.78, 5) is 25.3. The minimum absolute atomic E-state index is 0.276. The lowest BCUT2D eigenvalue weighted by Crippen LogP contribution is -2.32. The zero-order valence-corrected chi connectivity index (χ0v) is 11.2. The first-order valence-corrected chi connectivity index (χ1v) is 6.95. The summed E-state index contributed by atoms with van der Waals surface area (Å²) in [6.45, 7) is 0. The van der Waals surface area contributed by atoms with Gasteiger partial charge in [0.15, 0.2) is 0 Å². The number of urea groups is 1. The molecule has 1 aliphatic heterocycles. The number of rotatable bonds is 3. The molecule has 20 heavy (non-hydrogen) atoms. The molecule has 1 aromatic carbocycles. The van der Waals surface area contributed by atoms with Gasteiger partial charge in [-0.3, -0.25) is 4.79 Å². The van der Waals surface area contributed by atoms with E-state index in [1.54, 1.807) is 24.3 Å². The Kier molecular flexibility index (Phi) is 3.23. The Bertz CT molecular complexity index is 640. The Labute approximate surface area is 118 Å². The van der Waals surface area contributed by atoms with Crippen LogP contribution in [0.4, 0.5) is 14.2 Å². The van der Waals surface area contributed by atoms with Gasteiger partial charge in [0.05, 0.1) is 0 Å². The highest BCUT2D eigenvalue weighted by molar-refractivity contribution is 7.14. The maximum Gasteiger partial charge on any atom is 0.330 e. The van der Waals surface area contributed by atoms with Gasteiger partial charge in [-0.25, -0.2) is 14.1 Å². The second kappa shape index (κ2) is 5.05. The van der Waals surface area contributed by atoms with E-state index in [4.69, 9.17) is 0 Å². The molecule has 1 N–H and O–H groups in total. The number of imide groups is 1. The van der Waals surface area contributed by atoms with E-state index in [1.807, 2.05) is 5.38 Å². The number of nitrogens with one attached hydrogen (secondary N) is 1. The Morgan fingerprint density at radius 1 is 1.20 bits per heavy atom. The molecule has 1 unspecified atom stereocenters. The fourth-order valence-electron chi connectivity index (χ4n) is 2.13. The molecule has 0 bridgehead atoms. The molecule has 0 spiro atoms. The quantitative estimate of drug-likeness (QED) is 0.883. The number of anilines is 1. The smallest absolute Gasteiger partial charge is 0.325 e. The maximum atomic E-state index is 12.8. The van der Waals surface area contributed by atoms with Gasteiger partial charge in [-0.05, 0) is 35.2 Å². The van der Waals surface area contributed by atoms with Crippen molar-refractivity contribution in [2.75, 3.05) is 4.90 Å². The molecule has 1 saturated heterocycles. The van der Waals surface area contributed by atoms with Crippen LogP contribution < -0.4 is 10.2 Å². The first-order valence-electron chi connectivity index (χ1n) is 6.07. The standard InChI is InChI=1S/C14H11FN2O2S/c15-10-5-3-9(4-6-10)8-11-13(18)17(14(19)16-11)12-2-1-7-20-12/h1-7,11H,8H2,(H,16,19). The summed E-state index contributed by atoms with van der Waals surface area (Å²) in [5.74, 6) is -0.600. The molecular weight excluding hydrogens is 279 g/mol. The van der Waals surface area contributed by atoms with Gasteiger partial charge in [-0.15, -0.1) is 11.3 Å². The molecule has 4 nitrogen and oxygen atoms in total. The highest BCUT2D eigenvalue weighted by Gasteiger charge is 2.39. The predicted molar refractivity (Wildman–Crippen MR) is 74.2 cm³/mol. The molecular formula is C14H11FN2O2S. The summed E-state index contributed by atoms with van der Waals surface area (Å²) in [6.07, 6.45) is 0.354. The summed E-state index contributed by atoms with van der Waals surface area (Å²) >= 11 is 1.33. The molecule has 6 heteroatoms. The van der Waals surface area contributed by atoms with Crippen molar-refractivity contribution in [1.29, 1.82) is 0 Å². The fourth-order valence-corrected chi connectivity index (χ4v) is 2.86. The van der Waals surface area contributed by atoms with Crippen molar-refractivity contribution < 1.29 is 14.0 Å². The molecule has 1 fully saturated rings. The topological polar surface area (TPSA) is 49.4 Å². The number of nitrogens with zero attached hydrogens (tertiary/aromatic N) is 1. The van der Waals surface area contributed by atoms with Crippen LogP contribution in [0.15, 0.2) is 41.8 Å². The Morgan fingerprint density at radius 3 is 2.60 bits per heavy atom. The van der Waals surface area contributed by atoms with Gasteiger partial charge in [0.2, 0.25) is 0 Å². The highest BCUT2D eigenvalue weighted by atomic mass is 32.1. The minimum atomic E-state index is -0.602. The number of hydrogen-bond acceptors (Lipinski definition) is 3. The third kappa shape index (κ3) is 2.30. The van der Waals surface area contributed by atoms with E-state index >= 15 is 0 Å². The van der Waals surface area contributed by atoms with Crippen molar-refractivity contribution in [3.63, 3.8) is 0 Å². The third-order valence-corrected chi connectivity index (χ3v) is 3.95. The van der Waals surface area contributed by atoms with Crippen LogP contribution in [0.5, 0.6) is 0 Å². The van der Waals surface area contributed by atoms with Crippen LogP contribution in [0.25, 0.3) is 0 Å². The second-order valence-electron chi connectivity index (χ2n) is 4.46. The number of carbonyl (C=O) groups excluding carboxylic acids is 2.